The molecule has 0 saturated carbocycles. The van der Waals surface area contributed by atoms with Crippen molar-refractivity contribution >= 4 is 5.82 Å². The van der Waals surface area contributed by atoms with E-state index in [9.17, 15) is 4.79 Å². The number of piperazine rings is 1. The summed E-state index contributed by atoms with van der Waals surface area (Å²) >= 11 is 0. The Balaban J connectivity index is 1.38. The lowest BCUT2D eigenvalue weighted by molar-refractivity contribution is 0.242. The average Bonchev–Trinajstić information content (AvgIpc) is 3.06. The average molecular weight is 394 g/mol. The number of aryl methyl sites for hydroxylation is 3. The predicted octanol–water partition coefficient (Wildman–Crippen LogP) is 0.966. The van der Waals surface area contributed by atoms with Crippen molar-refractivity contribution < 1.29 is 0 Å². The highest BCUT2D eigenvalue weighted by atomic mass is 16.1. The molecule has 1 aliphatic rings. The summed E-state index contributed by atoms with van der Waals surface area (Å²) in [5, 5.41) is 8.98. The number of hydrogen-bond acceptors (Lipinski definition) is 7. The Bertz CT molecular complexity index is 1050. The molecule has 3 aromatic rings. The molecular weight excluding hydrogens is 368 g/mol. The highest BCUT2D eigenvalue weighted by molar-refractivity contribution is 5.37. The van der Waals surface area contributed by atoms with Gasteiger partial charge in [0.1, 0.15) is 11.6 Å². The summed E-state index contributed by atoms with van der Waals surface area (Å²) in [6.07, 6.45) is 1.80. The Hall–Kier alpha value is -3.07. The molecule has 1 saturated heterocycles. The fourth-order valence-electron chi connectivity index (χ4n) is 3.63. The van der Waals surface area contributed by atoms with Gasteiger partial charge in [-0.1, -0.05) is 0 Å². The molecule has 0 bridgehead atoms. The van der Waals surface area contributed by atoms with Crippen LogP contribution in [0.5, 0.6) is 0 Å². The lowest BCUT2D eigenvalue weighted by Gasteiger charge is -2.35. The van der Waals surface area contributed by atoms with E-state index in [0.717, 1.165) is 55.8 Å². The maximum Gasteiger partial charge on any atom is 0.266 e. The minimum absolute atomic E-state index is 0.0922. The summed E-state index contributed by atoms with van der Waals surface area (Å²) in [6, 6.07) is 7.24. The molecule has 3 aromatic heterocycles. The molecule has 4 rings (SSSR count). The minimum atomic E-state index is -0.0922. The number of anilines is 1. The lowest BCUT2D eigenvalue weighted by Crippen LogP contribution is -2.48. The van der Waals surface area contributed by atoms with Gasteiger partial charge in [0.15, 0.2) is 5.82 Å². The molecule has 9 nitrogen and oxygen atoms in total. The maximum atomic E-state index is 12.3. The first-order valence-electron chi connectivity index (χ1n) is 9.88. The second-order valence-electron chi connectivity index (χ2n) is 7.38. The highest BCUT2D eigenvalue weighted by Crippen LogP contribution is 2.13. The van der Waals surface area contributed by atoms with Gasteiger partial charge in [0.2, 0.25) is 0 Å². The number of hydrogen-bond donors (Lipinski definition) is 0. The van der Waals surface area contributed by atoms with Gasteiger partial charge in [-0.2, -0.15) is 5.10 Å². The normalized spacial score (nSPS) is 15.1. The molecule has 0 aromatic carbocycles. The van der Waals surface area contributed by atoms with Crippen molar-refractivity contribution in [3.8, 4) is 5.82 Å². The molecule has 29 heavy (non-hydrogen) atoms. The first kappa shape index (κ1) is 19.3. The van der Waals surface area contributed by atoms with E-state index in [1.807, 2.05) is 32.9 Å². The molecule has 0 radical (unpaired) electrons. The second kappa shape index (κ2) is 8.12. The first-order valence-corrected chi connectivity index (χ1v) is 9.88. The molecular formula is C20H26N8O. The van der Waals surface area contributed by atoms with E-state index in [-0.39, 0.29) is 5.56 Å². The SMILES string of the molecule is Cc1cc(C)n(-c2ccc(=O)n(CCN3CCN(c4ccnc(C)n4)CC3)n2)n1. The molecule has 0 atom stereocenters. The van der Waals surface area contributed by atoms with Gasteiger partial charge in [-0.15, -0.1) is 5.10 Å². The van der Waals surface area contributed by atoms with Gasteiger partial charge >= 0.3 is 0 Å². The van der Waals surface area contributed by atoms with Crippen LogP contribution in [0.4, 0.5) is 5.82 Å². The van der Waals surface area contributed by atoms with Crippen molar-refractivity contribution in [3.63, 3.8) is 0 Å². The van der Waals surface area contributed by atoms with E-state index in [1.54, 1.807) is 23.0 Å². The first-order chi connectivity index (χ1) is 14.0. The summed E-state index contributed by atoms with van der Waals surface area (Å²) < 4.78 is 3.31. The van der Waals surface area contributed by atoms with E-state index < -0.39 is 0 Å². The Morgan fingerprint density at radius 3 is 2.41 bits per heavy atom. The molecule has 0 spiro atoms. The second-order valence-corrected chi connectivity index (χ2v) is 7.38. The van der Waals surface area contributed by atoms with Gasteiger partial charge in [-0.05, 0) is 39.0 Å². The van der Waals surface area contributed by atoms with Gasteiger partial charge in [0.05, 0.1) is 12.2 Å². The monoisotopic (exact) mass is 394 g/mol. The summed E-state index contributed by atoms with van der Waals surface area (Å²) in [5.41, 5.74) is 1.83. The molecule has 1 aliphatic heterocycles. The van der Waals surface area contributed by atoms with Gasteiger partial charge in [-0.25, -0.2) is 19.3 Å². The third kappa shape index (κ3) is 4.34. The van der Waals surface area contributed by atoms with E-state index in [1.165, 1.54) is 4.68 Å². The number of aromatic nitrogens is 6. The molecule has 9 heteroatoms. The van der Waals surface area contributed by atoms with Crippen LogP contribution < -0.4 is 10.5 Å². The van der Waals surface area contributed by atoms with Crippen LogP contribution in [-0.2, 0) is 6.54 Å². The van der Waals surface area contributed by atoms with Gasteiger partial charge < -0.3 is 4.90 Å². The molecule has 0 N–H and O–H groups in total. The topological polar surface area (TPSA) is 85.0 Å². The van der Waals surface area contributed by atoms with Crippen LogP contribution in [0.1, 0.15) is 17.2 Å². The summed E-state index contributed by atoms with van der Waals surface area (Å²) in [4.78, 5) is 25.6. The largest absolute Gasteiger partial charge is 0.354 e. The van der Waals surface area contributed by atoms with Gasteiger partial charge in [0, 0.05) is 50.7 Å². The summed E-state index contributed by atoms with van der Waals surface area (Å²) in [7, 11) is 0. The van der Waals surface area contributed by atoms with Crippen molar-refractivity contribution in [2.75, 3.05) is 37.6 Å². The van der Waals surface area contributed by atoms with E-state index in [0.29, 0.717) is 12.4 Å². The van der Waals surface area contributed by atoms with Crippen molar-refractivity contribution in [1.29, 1.82) is 0 Å². The van der Waals surface area contributed by atoms with Crippen LogP contribution in [-0.4, -0.2) is 67.2 Å². The molecule has 4 heterocycles. The summed E-state index contributed by atoms with van der Waals surface area (Å²) in [5.74, 6) is 2.43. The van der Waals surface area contributed by atoms with Crippen molar-refractivity contribution in [3.05, 3.63) is 58.0 Å². The summed E-state index contributed by atoms with van der Waals surface area (Å²) in [6.45, 7) is 10.8. The Morgan fingerprint density at radius 1 is 0.931 bits per heavy atom. The van der Waals surface area contributed by atoms with Crippen LogP contribution in [0.2, 0.25) is 0 Å². The van der Waals surface area contributed by atoms with Crippen LogP contribution in [0.3, 0.4) is 0 Å². The Morgan fingerprint density at radius 2 is 1.72 bits per heavy atom. The van der Waals surface area contributed by atoms with E-state index in [4.69, 9.17) is 0 Å². The predicted molar refractivity (Wildman–Crippen MR) is 111 cm³/mol. The van der Waals surface area contributed by atoms with Gasteiger partial charge in [-0.3, -0.25) is 9.69 Å². The molecule has 0 amide bonds. The Kier molecular flexibility index (Phi) is 5.39. The zero-order chi connectivity index (χ0) is 20.4. The lowest BCUT2D eigenvalue weighted by atomic mass is 10.3. The third-order valence-electron chi connectivity index (χ3n) is 5.16. The fraction of sp³-hybridized carbons (Fsp3) is 0.450. The molecule has 0 aliphatic carbocycles. The number of rotatable bonds is 5. The van der Waals surface area contributed by atoms with Crippen LogP contribution in [0, 0.1) is 20.8 Å². The minimum Gasteiger partial charge on any atom is -0.354 e. The Labute approximate surface area is 169 Å². The fourth-order valence-corrected chi connectivity index (χ4v) is 3.63. The van der Waals surface area contributed by atoms with E-state index >= 15 is 0 Å². The van der Waals surface area contributed by atoms with Gasteiger partial charge in [0.25, 0.3) is 5.56 Å². The zero-order valence-electron chi connectivity index (χ0n) is 17.1. The quantitative estimate of drug-likeness (QED) is 0.637. The number of nitrogens with zero attached hydrogens (tertiary/aromatic N) is 8. The van der Waals surface area contributed by atoms with Crippen LogP contribution >= 0.6 is 0 Å². The molecule has 0 unspecified atom stereocenters. The van der Waals surface area contributed by atoms with Crippen molar-refractivity contribution in [2.24, 2.45) is 0 Å². The standard InChI is InChI=1S/C20H26N8O/c1-15-14-16(2)28(23-15)19-4-5-20(29)27(24-19)13-10-25-8-11-26(12-9-25)18-6-7-21-17(3)22-18/h4-7,14H,8-13H2,1-3H3. The zero-order valence-corrected chi connectivity index (χ0v) is 17.1. The van der Waals surface area contributed by atoms with Crippen LogP contribution in [0.15, 0.2) is 35.3 Å². The highest BCUT2D eigenvalue weighted by Gasteiger charge is 2.18. The van der Waals surface area contributed by atoms with Crippen molar-refractivity contribution in [1.82, 2.24) is 34.4 Å². The smallest absolute Gasteiger partial charge is 0.266 e. The van der Waals surface area contributed by atoms with Crippen molar-refractivity contribution in [2.45, 2.75) is 27.3 Å². The maximum absolute atomic E-state index is 12.3. The van der Waals surface area contributed by atoms with E-state index in [2.05, 4.69) is 30.0 Å². The van der Waals surface area contributed by atoms with Crippen LogP contribution in [0.25, 0.3) is 5.82 Å². The molecule has 152 valence electrons. The molecule has 1 fully saturated rings. The third-order valence-corrected chi connectivity index (χ3v) is 5.16.